The first-order valence-electron chi connectivity index (χ1n) is 7.28. The number of benzene rings is 1. The van der Waals surface area contributed by atoms with Gasteiger partial charge < -0.3 is 9.42 Å². The molecule has 1 aromatic heterocycles. The number of carbonyl (C=O) groups excluding carboxylic acids is 1. The van der Waals surface area contributed by atoms with E-state index in [1.54, 1.807) is 0 Å². The van der Waals surface area contributed by atoms with Crippen LogP contribution in [0.2, 0.25) is 0 Å². The van der Waals surface area contributed by atoms with Crippen LogP contribution in [0, 0.1) is 13.8 Å². The molecule has 0 radical (unpaired) electrons. The normalized spacial score (nSPS) is 18.5. The predicted molar refractivity (Wildman–Crippen MR) is 79.3 cm³/mol. The summed E-state index contributed by atoms with van der Waals surface area (Å²) in [6.45, 7) is 6.65. The van der Waals surface area contributed by atoms with Crippen molar-refractivity contribution in [2.24, 2.45) is 0 Å². The molecule has 0 spiro atoms. The number of hydrogen-bond acceptors (Lipinski definition) is 4. The maximum absolute atomic E-state index is 12.3. The monoisotopic (exact) mass is 285 g/mol. The van der Waals surface area contributed by atoms with Crippen LogP contribution in [0.5, 0.6) is 0 Å². The van der Waals surface area contributed by atoms with E-state index in [9.17, 15) is 4.79 Å². The van der Waals surface area contributed by atoms with Gasteiger partial charge in [0.1, 0.15) is 0 Å². The van der Waals surface area contributed by atoms with Crippen LogP contribution in [0.4, 0.5) is 5.69 Å². The van der Waals surface area contributed by atoms with Crippen molar-refractivity contribution in [2.45, 2.75) is 39.5 Å². The minimum absolute atomic E-state index is 0.00906. The molecule has 0 aliphatic carbocycles. The lowest BCUT2D eigenvalue weighted by molar-refractivity contribution is -0.117. The van der Waals surface area contributed by atoms with Crippen LogP contribution in [0.3, 0.4) is 0 Å². The van der Waals surface area contributed by atoms with Gasteiger partial charge in [-0.25, -0.2) is 0 Å². The van der Waals surface area contributed by atoms with Gasteiger partial charge in [-0.3, -0.25) is 4.79 Å². The highest BCUT2D eigenvalue weighted by Gasteiger charge is 2.35. The van der Waals surface area contributed by atoms with E-state index >= 15 is 0 Å². The maximum atomic E-state index is 12.3. The third kappa shape index (κ3) is 2.55. The molecular weight excluding hydrogens is 266 g/mol. The van der Waals surface area contributed by atoms with Crippen molar-refractivity contribution in [2.75, 3.05) is 11.4 Å². The number of nitrogens with zero attached hydrogens (tertiary/aromatic N) is 3. The van der Waals surface area contributed by atoms with Gasteiger partial charge in [0.25, 0.3) is 0 Å². The molecule has 5 heteroatoms. The fourth-order valence-electron chi connectivity index (χ4n) is 2.69. The fraction of sp³-hybridized carbons (Fsp3) is 0.438. The summed E-state index contributed by atoms with van der Waals surface area (Å²) < 4.78 is 5.29. The van der Waals surface area contributed by atoms with Gasteiger partial charge >= 0.3 is 0 Å². The second-order valence-corrected chi connectivity index (χ2v) is 5.60. The van der Waals surface area contributed by atoms with Gasteiger partial charge in [-0.05, 0) is 31.0 Å². The Hall–Kier alpha value is -2.17. The van der Waals surface area contributed by atoms with Crippen molar-refractivity contribution in [3.05, 3.63) is 41.0 Å². The molecule has 1 unspecified atom stereocenters. The average molecular weight is 285 g/mol. The molecule has 1 atom stereocenters. The molecule has 1 saturated heterocycles. The molecule has 0 N–H and O–H groups in total. The van der Waals surface area contributed by atoms with Gasteiger partial charge in [0, 0.05) is 25.1 Å². The van der Waals surface area contributed by atoms with Crippen molar-refractivity contribution in [1.82, 2.24) is 10.1 Å². The van der Waals surface area contributed by atoms with Crippen LogP contribution in [0.1, 0.15) is 42.1 Å². The lowest BCUT2D eigenvalue weighted by Crippen LogP contribution is -2.25. The zero-order valence-electron chi connectivity index (χ0n) is 12.6. The SMILES string of the molecule is CCc1noc(C2CC(=O)N(c3cc(C)ccc3C)C2)n1. The Morgan fingerprint density at radius 2 is 2.19 bits per heavy atom. The Morgan fingerprint density at radius 3 is 2.90 bits per heavy atom. The van der Waals surface area contributed by atoms with E-state index in [0.717, 1.165) is 23.2 Å². The van der Waals surface area contributed by atoms with Crippen molar-refractivity contribution in [3.63, 3.8) is 0 Å². The molecule has 1 aliphatic rings. The number of carbonyl (C=O) groups is 1. The molecule has 2 aromatic rings. The van der Waals surface area contributed by atoms with Crippen LogP contribution in [0.25, 0.3) is 0 Å². The molecule has 1 fully saturated rings. The molecule has 3 rings (SSSR count). The number of anilines is 1. The lowest BCUT2D eigenvalue weighted by atomic mass is 10.1. The summed E-state index contributed by atoms with van der Waals surface area (Å²) in [4.78, 5) is 18.5. The number of aromatic nitrogens is 2. The summed E-state index contributed by atoms with van der Waals surface area (Å²) in [5, 5.41) is 3.92. The first-order valence-corrected chi connectivity index (χ1v) is 7.28. The summed E-state index contributed by atoms with van der Waals surface area (Å²) in [5.74, 6) is 1.38. The Morgan fingerprint density at radius 1 is 1.38 bits per heavy atom. The molecule has 1 amide bonds. The van der Waals surface area contributed by atoms with Gasteiger partial charge in [0.2, 0.25) is 11.8 Å². The third-order valence-electron chi connectivity index (χ3n) is 3.93. The Kier molecular flexibility index (Phi) is 3.49. The maximum Gasteiger partial charge on any atom is 0.232 e. The highest BCUT2D eigenvalue weighted by Crippen LogP contribution is 2.33. The van der Waals surface area contributed by atoms with Crippen LogP contribution in [-0.4, -0.2) is 22.6 Å². The zero-order valence-corrected chi connectivity index (χ0v) is 12.6. The molecule has 5 nitrogen and oxygen atoms in total. The summed E-state index contributed by atoms with van der Waals surface area (Å²) in [5.41, 5.74) is 3.24. The van der Waals surface area contributed by atoms with Crippen LogP contribution in [0.15, 0.2) is 22.7 Å². The summed E-state index contributed by atoms with van der Waals surface area (Å²) in [7, 11) is 0. The topological polar surface area (TPSA) is 59.2 Å². The molecule has 21 heavy (non-hydrogen) atoms. The molecule has 0 bridgehead atoms. The largest absolute Gasteiger partial charge is 0.339 e. The summed E-state index contributed by atoms with van der Waals surface area (Å²) in [6, 6.07) is 6.16. The highest BCUT2D eigenvalue weighted by atomic mass is 16.5. The van der Waals surface area contributed by atoms with E-state index in [-0.39, 0.29) is 11.8 Å². The van der Waals surface area contributed by atoms with Crippen molar-refractivity contribution >= 4 is 11.6 Å². The minimum Gasteiger partial charge on any atom is -0.339 e. The number of rotatable bonds is 3. The van der Waals surface area contributed by atoms with Gasteiger partial charge in [-0.2, -0.15) is 4.98 Å². The quantitative estimate of drug-likeness (QED) is 0.870. The summed E-state index contributed by atoms with van der Waals surface area (Å²) in [6.07, 6.45) is 1.17. The van der Waals surface area contributed by atoms with E-state index in [1.165, 1.54) is 0 Å². The van der Waals surface area contributed by atoms with E-state index in [0.29, 0.717) is 24.7 Å². The number of amides is 1. The second kappa shape index (κ2) is 5.31. The number of aryl methyl sites for hydroxylation is 3. The van der Waals surface area contributed by atoms with E-state index < -0.39 is 0 Å². The molecule has 110 valence electrons. The highest BCUT2D eigenvalue weighted by molar-refractivity contribution is 5.97. The van der Waals surface area contributed by atoms with Crippen LogP contribution >= 0.6 is 0 Å². The Labute approximate surface area is 124 Å². The zero-order chi connectivity index (χ0) is 15.0. The molecule has 1 aliphatic heterocycles. The average Bonchev–Trinajstić information content (AvgIpc) is 3.08. The minimum atomic E-state index is -0.00906. The van der Waals surface area contributed by atoms with Crippen molar-refractivity contribution in [3.8, 4) is 0 Å². The van der Waals surface area contributed by atoms with Crippen LogP contribution < -0.4 is 4.90 Å². The van der Waals surface area contributed by atoms with Gasteiger partial charge in [0.15, 0.2) is 5.82 Å². The van der Waals surface area contributed by atoms with Gasteiger partial charge in [-0.1, -0.05) is 24.2 Å². The molecule has 2 heterocycles. The lowest BCUT2D eigenvalue weighted by Gasteiger charge is -2.19. The Bertz CT molecular complexity index is 678. The van der Waals surface area contributed by atoms with Crippen LogP contribution in [-0.2, 0) is 11.2 Å². The first kappa shape index (κ1) is 13.8. The van der Waals surface area contributed by atoms with E-state index in [1.807, 2.05) is 31.7 Å². The van der Waals surface area contributed by atoms with E-state index in [4.69, 9.17) is 4.52 Å². The Balaban J connectivity index is 1.86. The standard InChI is InChI=1S/C16H19N3O2/c1-4-14-17-16(21-18-14)12-8-15(20)19(9-12)13-7-10(2)5-6-11(13)3/h5-7,12H,4,8-9H2,1-3H3. The molecule has 0 saturated carbocycles. The van der Waals surface area contributed by atoms with E-state index in [2.05, 4.69) is 22.3 Å². The van der Waals surface area contributed by atoms with Gasteiger partial charge in [-0.15, -0.1) is 0 Å². The molecule has 1 aromatic carbocycles. The van der Waals surface area contributed by atoms with Gasteiger partial charge in [0.05, 0.1) is 5.92 Å². The molecular formula is C16H19N3O2. The van der Waals surface area contributed by atoms with Crippen molar-refractivity contribution in [1.29, 1.82) is 0 Å². The smallest absolute Gasteiger partial charge is 0.232 e. The first-order chi connectivity index (χ1) is 10.1. The second-order valence-electron chi connectivity index (χ2n) is 5.60. The third-order valence-corrected chi connectivity index (χ3v) is 3.93. The predicted octanol–water partition coefficient (Wildman–Crippen LogP) is 2.77. The summed E-state index contributed by atoms with van der Waals surface area (Å²) >= 11 is 0. The van der Waals surface area contributed by atoms with Crippen molar-refractivity contribution < 1.29 is 9.32 Å². The fourth-order valence-corrected chi connectivity index (χ4v) is 2.69. The number of hydrogen-bond donors (Lipinski definition) is 0.